The quantitative estimate of drug-likeness (QED) is 0.265. The number of rotatable bonds is 11. The van der Waals surface area contributed by atoms with Crippen molar-refractivity contribution in [2.24, 2.45) is 5.92 Å². The predicted octanol–water partition coefficient (Wildman–Crippen LogP) is 3.05. The first-order chi connectivity index (χ1) is 19.6. The number of ketones is 1. The van der Waals surface area contributed by atoms with Crippen LogP contribution in [0.25, 0.3) is 10.9 Å². The lowest BCUT2D eigenvalue weighted by atomic mass is 10.00. The molecular weight excluding hydrogens is 522 g/mol. The van der Waals surface area contributed by atoms with Crippen molar-refractivity contribution in [2.75, 3.05) is 0 Å². The monoisotopic (exact) mass is 567 g/mol. The third kappa shape index (κ3) is 9.72. The number of nitrogens with one attached hydrogen (secondary N) is 5. The second-order valence-corrected chi connectivity index (χ2v) is 11.5. The molecule has 10 heteroatoms. The van der Waals surface area contributed by atoms with Gasteiger partial charge in [0.05, 0.1) is 0 Å². The number of unbranched alkanes of at least 4 members (excludes halogenated alkanes) is 2. The second-order valence-electron chi connectivity index (χ2n) is 11.5. The first-order valence-corrected chi connectivity index (χ1v) is 14.8. The average molecular weight is 568 g/mol. The van der Waals surface area contributed by atoms with E-state index in [2.05, 4.69) is 26.3 Å². The lowest BCUT2D eigenvalue weighted by Crippen LogP contribution is -2.57. The van der Waals surface area contributed by atoms with E-state index in [1.54, 1.807) is 6.92 Å². The van der Waals surface area contributed by atoms with E-state index >= 15 is 0 Å². The zero-order valence-electron chi connectivity index (χ0n) is 24.7. The number of para-hydroxylation sites is 1. The third-order valence-corrected chi connectivity index (χ3v) is 7.45. The van der Waals surface area contributed by atoms with Crippen LogP contribution in [0.15, 0.2) is 30.5 Å². The molecule has 1 aliphatic heterocycles. The molecule has 0 spiro atoms. The van der Waals surface area contributed by atoms with Gasteiger partial charge in [-0.05, 0) is 43.7 Å². The van der Waals surface area contributed by atoms with Gasteiger partial charge in [-0.2, -0.15) is 0 Å². The summed E-state index contributed by atoms with van der Waals surface area (Å²) in [5.41, 5.74) is 1.77. The Morgan fingerprint density at radius 1 is 0.878 bits per heavy atom. The number of amides is 4. The molecule has 41 heavy (non-hydrogen) atoms. The molecule has 1 aromatic carbocycles. The number of aromatic nitrogens is 1. The van der Waals surface area contributed by atoms with Crippen LogP contribution < -0.4 is 21.3 Å². The van der Waals surface area contributed by atoms with Crippen LogP contribution in [0.4, 0.5) is 0 Å². The van der Waals surface area contributed by atoms with Gasteiger partial charge in [-0.1, -0.05) is 51.8 Å². The molecule has 1 saturated heterocycles. The van der Waals surface area contributed by atoms with Gasteiger partial charge in [0.2, 0.25) is 23.6 Å². The third-order valence-electron chi connectivity index (χ3n) is 7.45. The summed E-state index contributed by atoms with van der Waals surface area (Å²) in [5, 5.41) is 12.4. The summed E-state index contributed by atoms with van der Waals surface area (Å²) in [7, 11) is 0. The zero-order chi connectivity index (χ0) is 29.9. The Hall–Kier alpha value is -3.69. The van der Waals surface area contributed by atoms with Gasteiger partial charge in [0.1, 0.15) is 23.9 Å². The molecule has 4 atom stereocenters. The maximum Gasteiger partial charge on any atom is 0.243 e. The smallest absolute Gasteiger partial charge is 0.243 e. The molecule has 0 bridgehead atoms. The van der Waals surface area contributed by atoms with E-state index in [0.29, 0.717) is 32.1 Å². The highest BCUT2D eigenvalue weighted by atomic mass is 16.2. The molecule has 1 aliphatic rings. The van der Waals surface area contributed by atoms with Crippen molar-refractivity contribution in [3.05, 3.63) is 36.0 Å². The van der Waals surface area contributed by atoms with Crippen molar-refractivity contribution in [1.29, 1.82) is 0 Å². The normalized spacial score (nSPS) is 22.7. The molecule has 4 amide bonds. The maximum atomic E-state index is 13.7. The fraction of sp³-hybridized carbons (Fsp3) is 0.581. The summed E-state index contributed by atoms with van der Waals surface area (Å²) in [6.07, 6.45) is 5.92. The molecular formula is C31H45N5O5. The van der Waals surface area contributed by atoms with Crippen molar-refractivity contribution in [3.63, 3.8) is 0 Å². The van der Waals surface area contributed by atoms with Crippen molar-refractivity contribution in [3.8, 4) is 0 Å². The molecule has 224 valence electrons. The SMILES string of the molecule is CCC(=O)CCCCC[C@@H]1NC(=O)C[C@H](C)NC(=O)[C@H](CC(C)C)NC(=O)[C@@H](Cc2c[nH]c3ccccc23)NC1=O. The maximum absolute atomic E-state index is 13.7. The minimum absolute atomic E-state index is 0.00162. The zero-order valence-corrected chi connectivity index (χ0v) is 24.7. The lowest BCUT2D eigenvalue weighted by Gasteiger charge is -2.25. The number of H-pyrrole nitrogens is 1. The summed E-state index contributed by atoms with van der Waals surface area (Å²) in [6.45, 7) is 7.49. The number of Topliss-reactive ketones (excluding diaryl/α,β-unsaturated/α-hetero) is 1. The van der Waals surface area contributed by atoms with Gasteiger partial charge in [0.15, 0.2) is 0 Å². The number of carbonyl (C=O) groups excluding carboxylic acids is 5. The van der Waals surface area contributed by atoms with Crippen LogP contribution in [0.2, 0.25) is 0 Å². The van der Waals surface area contributed by atoms with Crippen LogP contribution in [-0.2, 0) is 30.4 Å². The largest absolute Gasteiger partial charge is 0.361 e. The van der Waals surface area contributed by atoms with Crippen LogP contribution >= 0.6 is 0 Å². The summed E-state index contributed by atoms with van der Waals surface area (Å²) in [5.74, 6) is -1.29. The summed E-state index contributed by atoms with van der Waals surface area (Å²) >= 11 is 0. The van der Waals surface area contributed by atoms with Crippen molar-refractivity contribution < 1.29 is 24.0 Å². The Morgan fingerprint density at radius 2 is 1.56 bits per heavy atom. The molecule has 0 radical (unpaired) electrons. The minimum atomic E-state index is -0.969. The Bertz CT molecular complexity index is 1220. The molecule has 1 aromatic heterocycles. The van der Waals surface area contributed by atoms with Gasteiger partial charge in [-0.3, -0.25) is 24.0 Å². The fourth-order valence-electron chi connectivity index (χ4n) is 5.20. The highest BCUT2D eigenvalue weighted by Gasteiger charge is 2.32. The molecule has 10 nitrogen and oxygen atoms in total. The first kappa shape index (κ1) is 31.8. The standard InChI is InChI=1S/C31H45N5O5/c1-5-22(37)11-7-6-8-14-25-29(39)36-27(17-21-18-32-24-13-10-9-12-23(21)24)31(41)35-26(15-19(2)3)30(40)33-20(4)16-28(38)34-25/h9-10,12-13,18-20,25-27,32H,5-8,11,14-17H2,1-4H3,(H,33,40)(H,34,38)(H,35,41)(H,36,39)/t20-,25-,26-,27+/m0/s1. The van der Waals surface area contributed by atoms with Crippen LogP contribution in [0.5, 0.6) is 0 Å². The van der Waals surface area contributed by atoms with E-state index < -0.39 is 36.0 Å². The van der Waals surface area contributed by atoms with Gasteiger partial charge in [0.25, 0.3) is 0 Å². The average Bonchev–Trinajstić information content (AvgIpc) is 3.33. The molecule has 5 N–H and O–H groups in total. The number of hydrogen-bond donors (Lipinski definition) is 5. The van der Waals surface area contributed by atoms with Crippen LogP contribution in [0, 0.1) is 5.92 Å². The van der Waals surface area contributed by atoms with Gasteiger partial charge in [-0.15, -0.1) is 0 Å². The van der Waals surface area contributed by atoms with E-state index in [4.69, 9.17) is 0 Å². The number of fused-ring (bicyclic) bond motifs is 1. The fourth-order valence-corrected chi connectivity index (χ4v) is 5.20. The summed E-state index contributed by atoms with van der Waals surface area (Å²) in [6, 6.07) is 4.60. The molecule has 2 aromatic rings. The van der Waals surface area contributed by atoms with Gasteiger partial charge in [-0.25, -0.2) is 0 Å². The molecule has 1 fully saturated rings. The van der Waals surface area contributed by atoms with Crippen molar-refractivity contribution in [1.82, 2.24) is 26.3 Å². The van der Waals surface area contributed by atoms with Gasteiger partial charge in [0, 0.05) is 48.8 Å². The van der Waals surface area contributed by atoms with E-state index in [-0.39, 0.29) is 36.4 Å². The minimum Gasteiger partial charge on any atom is -0.361 e. The highest BCUT2D eigenvalue weighted by molar-refractivity contribution is 5.95. The van der Waals surface area contributed by atoms with Gasteiger partial charge >= 0.3 is 0 Å². The molecule has 0 unspecified atom stereocenters. The summed E-state index contributed by atoms with van der Waals surface area (Å²) < 4.78 is 0. The van der Waals surface area contributed by atoms with Crippen LogP contribution in [0.1, 0.15) is 84.6 Å². The van der Waals surface area contributed by atoms with Crippen LogP contribution in [0.3, 0.4) is 0 Å². The van der Waals surface area contributed by atoms with Gasteiger partial charge < -0.3 is 26.3 Å². The second kappa shape index (κ2) is 15.3. The number of hydrogen-bond acceptors (Lipinski definition) is 5. The number of benzene rings is 1. The van der Waals surface area contributed by atoms with Crippen molar-refractivity contribution in [2.45, 2.75) is 110 Å². The van der Waals surface area contributed by atoms with E-state index in [9.17, 15) is 24.0 Å². The Kier molecular flexibility index (Phi) is 11.9. The number of carbonyl (C=O) groups is 5. The van der Waals surface area contributed by atoms with Crippen molar-refractivity contribution >= 4 is 40.3 Å². The topological polar surface area (TPSA) is 149 Å². The predicted molar refractivity (Wildman–Crippen MR) is 158 cm³/mol. The Labute approximate surface area is 242 Å². The van der Waals surface area contributed by atoms with E-state index in [1.165, 1.54) is 0 Å². The number of aromatic amines is 1. The van der Waals surface area contributed by atoms with E-state index in [0.717, 1.165) is 29.3 Å². The first-order valence-electron chi connectivity index (χ1n) is 14.8. The Balaban J connectivity index is 1.86. The lowest BCUT2D eigenvalue weighted by molar-refractivity contribution is -0.133. The molecule has 0 aliphatic carbocycles. The van der Waals surface area contributed by atoms with E-state index in [1.807, 2.05) is 51.2 Å². The molecule has 3 rings (SSSR count). The molecule has 0 saturated carbocycles. The van der Waals surface area contributed by atoms with Crippen LogP contribution in [-0.4, -0.2) is 58.6 Å². The summed E-state index contributed by atoms with van der Waals surface area (Å²) in [4.78, 5) is 68.1. The molecule has 2 heterocycles. The highest BCUT2D eigenvalue weighted by Crippen LogP contribution is 2.20. The Morgan fingerprint density at radius 3 is 2.29 bits per heavy atom.